The van der Waals surface area contributed by atoms with E-state index in [4.69, 9.17) is 0 Å². The van der Waals surface area contributed by atoms with Crippen molar-refractivity contribution in [3.05, 3.63) is 95.6 Å². The standard InChI is InChI=1S/C27H29NO4S/c1-4-33(31,32)25-15-8-10-21(17-25)16-19(2)27(30)28-24-14-9-13-23(18-24)20(3)26(29)22-11-6-5-7-12-22/h5-15,17-20H,4,16H2,1-3H3,(H,28,30). The van der Waals surface area contributed by atoms with Crippen molar-refractivity contribution in [1.82, 2.24) is 0 Å². The zero-order valence-electron chi connectivity index (χ0n) is 19.1. The fourth-order valence-electron chi connectivity index (χ4n) is 3.63. The van der Waals surface area contributed by atoms with E-state index in [1.807, 2.05) is 56.3 Å². The lowest BCUT2D eigenvalue weighted by Crippen LogP contribution is -2.22. The first-order chi connectivity index (χ1) is 15.7. The van der Waals surface area contributed by atoms with Crippen LogP contribution >= 0.6 is 0 Å². The fourth-order valence-corrected chi connectivity index (χ4v) is 4.58. The molecule has 172 valence electrons. The highest BCUT2D eigenvalue weighted by Crippen LogP contribution is 2.24. The minimum Gasteiger partial charge on any atom is -0.326 e. The van der Waals surface area contributed by atoms with Crippen LogP contribution in [0.15, 0.2) is 83.8 Å². The smallest absolute Gasteiger partial charge is 0.227 e. The summed E-state index contributed by atoms with van der Waals surface area (Å²) in [7, 11) is -3.29. The Bertz CT molecular complexity index is 1240. The van der Waals surface area contributed by atoms with E-state index in [-0.39, 0.29) is 34.2 Å². The highest BCUT2D eigenvalue weighted by atomic mass is 32.2. The summed E-state index contributed by atoms with van der Waals surface area (Å²) >= 11 is 0. The SMILES string of the molecule is CCS(=O)(=O)c1cccc(CC(C)C(=O)Nc2cccc(C(C)C(=O)c3ccccc3)c2)c1. The van der Waals surface area contributed by atoms with Crippen molar-refractivity contribution in [2.24, 2.45) is 5.92 Å². The van der Waals surface area contributed by atoms with E-state index < -0.39 is 9.84 Å². The molecule has 5 nitrogen and oxygen atoms in total. The van der Waals surface area contributed by atoms with Crippen molar-refractivity contribution in [2.45, 2.75) is 38.0 Å². The van der Waals surface area contributed by atoms with Gasteiger partial charge in [0.05, 0.1) is 10.6 Å². The van der Waals surface area contributed by atoms with Gasteiger partial charge in [-0.05, 0) is 41.8 Å². The zero-order chi connectivity index (χ0) is 24.0. The van der Waals surface area contributed by atoms with Crippen LogP contribution in [0.3, 0.4) is 0 Å². The van der Waals surface area contributed by atoms with Crippen molar-refractivity contribution in [2.75, 3.05) is 11.1 Å². The van der Waals surface area contributed by atoms with Crippen LogP contribution in [0.5, 0.6) is 0 Å². The number of carbonyl (C=O) groups excluding carboxylic acids is 2. The molecule has 1 N–H and O–H groups in total. The normalized spacial score (nSPS) is 13.2. The number of hydrogen-bond acceptors (Lipinski definition) is 4. The molecule has 2 atom stereocenters. The molecule has 6 heteroatoms. The second-order valence-corrected chi connectivity index (χ2v) is 10.5. The predicted molar refractivity (Wildman–Crippen MR) is 131 cm³/mol. The molecule has 0 aliphatic rings. The number of nitrogens with one attached hydrogen (secondary N) is 1. The van der Waals surface area contributed by atoms with Gasteiger partial charge in [-0.25, -0.2) is 8.42 Å². The summed E-state index contributed by atoms with van der Waals surface area (Å²) in [6.45, 7) is 5.28. The average Bonchev–Trinajstić information content (AvgIpc) is 2.84. The number of sulfone groups is 1. The maximum atomic E-state index is 12.8. The number of hydrogen-bond donors (Lipinski definition) is 1. The van der Waals surface area contributed by atoms with Gasteiger partial charge >= 0.3 is 0 Å². The fraction of sp³-hybridized carbons (Fsp3) is 0.259. The molecule has 0 radical (unpaired) electrons. The van der Waals surface area contributed by atoms with Gasteiger partial charge in [-0.15, -0.1) is 0 Å². The van der Waals surface area contributed by atoms with E-state index in [0.717, 1.165) is 11.1 Å². The van der Waals surface area contributed by atoms with Gasteiger partial charge in [0.25, 0.3) is 0 Å². The Morgan fingerprint density at radius 2 is 1.58 bits per heavy atom. The molecule has 33 heavy (non-hydrogen) atoms. The molecule has 0 aromatic heterocycles. The van der Waals surface area contributed by atoms with Gasteiger partial charge in [-0.1, -0.05) is 75.4 Å². The molecular weight excluding hydrogens is 434 g/mol. The number of carbonyl (C=O) groups is 2. The number of rotatable bonds is 9. The first kappa shape index (κ1) is 24.4. The van der Waals surface area contributed by atoms with Crippen molar-refractivity contribution in [1.29, 1.82) is 0 Å². The van der Waals surface area contributed by atoms with Crippen LogP contribution in [0.25, 0.3) is 0 Å². The Balaban J connectivity index is 1.68. The molecule has 0 aliphatic heterocycles. The molecule has 3 aromatic carbocycles. The van der Waals surface area contributed by atoms with Gasteiger partial charge in [0.1, 0.15) is 0 Å². The van der Waals surface area contributed by atoms with Gasteiger partial charge in [0.15, 0.2) is 15.6 Å². The molecule has 0 saturated carbocycles. The Labute approximate surface area is 195 Å². The quantitative estimate of drug-likeness (QED) is 0.438. The van der Waals surface area contributed by atoms with E-state index in [9.17, 15) is 18.0 Å². The highest BCUT2D eigenvalue weighted by Gasteiger charge is 2.19. The van der Waals surface area contributed by atoms with Gasteiger partial charge in [0.2, 0.25) is 5.91 Å². The van der Waals surface area contributed by atoms with Crippen LogP contribution in [-0.4, -0.2) is 25.9 Å². The predicted octanol–water partition coefficient (Wildman–Crippen LogP) is 5.28. The molecule has 0 heterocycles. The molecule has 0 bridgehead atoms. The number of anilines is 1. The monoisotopic (exact) mass is 463 g/mol. The summed E-state index contributed by atoms with van der Waals surface area (Å²) in [5.41, 5.74) is 2.90. The number of amides is 1. The Morgan fingerprint density at radius 1 is 0.879 bits per heavy atom. The molecule has 2 unspecified atom stereocenters. The number of benzene rings is 3. The Morgan fingerprint density at radius 3 is 2.27 bits per heavy atom. The number of ketones is 1. The van der Waals surface area contributed by atoms with Gasteiger partial charge in [-0.3, -0.25) is 9.59 Å². The lowest BCUT2D eigenvalue weighted by Gasteiger charge is -2.15. The first-order valence-corrected chi connectivity index (χ1v) is 12.7. The maximum absolute atomic E-state index is 12.8. The van der Waals surface area contributed by atoms with E-state index in [1.54, 1.807) is 43.3 Å². The Hall–Kier alpha value is -3.25. The molecule has 0 saturated heterocycles. The summed E-state index contributed by atoms with van der Waals surface area (Å²) in [5.74, 6) is -0.817. The summed E-state index contributed by atoms with van der Waals surface area (Å²) in [4.78, 5) is 25.9. The van der Waals surface area contributed by atoms with Crippen molar-refractivity contribution < 1.29 is 18.0 Å². The third-order valence-electron chi connectivity index (χ3n) is 5.73. The summed E-state index contributed by atoms with van der Waals surface area (Å²) in [5, 5.41) is 2.92. The largest absolute Gasteiger partial charge is 0.326 e. The van der Waals surface area contributed by atoms with Crippen LogP contribution in [0.1, 0.15) is 48.2 Å². The van der Waals surface area contributed by atoms with Crippen molar-refractivity contribution in [3.63, 3.8) is 0 Å². The third kappa shape index (κ3) is 6.17. The third-order valence-corrected chi connectivity index (χ3v) is 7.47. The molecule has 3 rings (SSSR count). The summed E-state index contributed by atoms with van der Waals surface area (Å²) in [6, 6.07) is 23.2. The van der Waals surface area contributed by atoms with Crippen LogP contribution in [0, 0.1) is 5.92 Å². The zero-order valence-corrected chi connectivity index (χ0v) is 19.9. The second kappa shape index (κ2) is 10.6. The van der Waals surface area contributed by atoms with Crippen LogP contribution in [0.2, 0.25) is 0 Å². The minimum atomic E-state index is -3.29. The number of Topliss-reactive ketones (excluding diaryl/α,β-unsaturated/α-hetero) is 1. The van der Waals surface area contributed by atoms with Gasteiger partial charge in [-0.2, -0.15) is 0 Å². The maximum Gasteiger partial charge on any atom is 0.227 e. The van der Waals surface area contributed by atoms with Crippen molar-refractivity contribution >= 4 is 27.2 Å². The molecule has 1 amide bonds. The van der Waals surface area contributed by atoms with Crippen molar-refractivity contribution in [3.8, 4) is 0 Å². The van der Waals surface area contributed by atoms with Crippen LogP contribution in [-0.2, 0) is 21.1 Å². The minimum absolute atomic E-state index is 0.0226. The van der Waals surface area contributed by atoms with Crippen LogP contribution in [0.4, 0.5) is 5.69 Å². The van der Waals surface area contributed by atoms with E-state index >= 15 is 0 Å². The van der Waals surface area contributed by atoms with E-state index in [0.29, 0.717) is 17.7 Å². The summed E-state index contributed by atoms with van der Waals surface area (Å²) in [6.07, 6.45) is 0.418. The molecule has 3 aromatic rings. The molecule has 0 aliphatic carbocycles. The molecular formula is C27H29NO4S. The van der Waals surface area contributed by atoms with Crippen LogP contribution < -0.4 is 5.32 Å². The summed E-state index contributed by atoms with van der Waals surface area (Å²) < 4.78 is 24.3. The van der Waals surface area contributed by atoms with E-state index in [1.165, 1.54) is 0 Å². The second-order valence-electron chi connectivity index (χ2n) is 8.22. The average molecular weight is 464 g/mol. The highest BCUT2D eigenvalue weighted by molar-refractivity contribution is 7.91. The topological polar surface area (TPSA) is 80.3 Å². The van der Waals surface area contributed by atoms with Gasteiger partial charge in [0, 0.05) is 23.1 Å². The van der Waals surface area contributed by atoms with E-state index in [2.05, 4.69) is 5.32 Å². The molecule has 0 fully saturated rings. The molecule has 0 spiro atoms. The van der Waals surface area contributed by atoms with Gasteiger partial charge < -0.3 is 5.32 Å². The Kier molecular flexibility index (Phi) is 7.82. The first-order valence-electron chi connectivity index (χ1n) is 11.0. The lowest BCUT2D eigenvalue weighted by atomic mass is 9.92. The lowest BCUT2D eigenvalue weighted by molar-refractivity contribution is -0.119.